The number of urea groups is 1. The Kier molecular flexibility index (Phi) is 6.48. The Morgan fingerprint density at radius 2 is 2.00 bits per heavy atom. The fourth-order valence-corrected chi connectivity index (χ4v) is 1.08. The van der Waals surface area contributed by atoms with Crippen molar-refractivity contribution in [1.82, 2.24) is 10.2 Å². The number of carbonyl (C=O) groups excluding carboxylic acids is 1. The second-order valence-corrected chi connectivity index (χ2v) is 3.81. The third-order valence-corrected chi connectivity index (χ3v) is 2.23. The summed E-state index contributed by atoms with van der Waals surface area (Å²) in [7, 11) is 1.56. The van der Waals surface area contributed by atoms with Crippen LogP contribution in [-0.4, -0.2) is 52.9 Å². The molecule has 0 rings (SSSR count). The van der Waals surface area contributed by atoms with Crippen LogP contribution in [-0.2, 0) is 4.79 Å². The zero-order valence-corrected chi connectivity index (χ0v) is 9.93. The molecule has 0 spiro atoms. The Morgan fingerprint density at radius 3 is 2.38 bits per heavy atom. The van der Waals surface area contributed by atoms with Crippen LogP contribution in [0.3, 0.4) is 0 Å². The first-order chi connectivity index (χ1) is 7.38. The molecule has 0 aromatic heterocycles. The summed E-state index contributed by atoms with van der Waals surface area (Å²) in [4.78, 5) is 23.5. The molecule has 16 heavy (non-hydrogen) atoms. The summed E-state index contributed by atoms with van der Waals surface area (Å²) < 4.78 is 0. The lowest BCUT2D eigenvalue weighted by Crippen LogP contribution is -2.46. The van der Waals surface area contributed by atoms with Gasteiger partial charge < -0.3 is 20.4 Å². The van der Waals surface area contributed by atoms with Gasteiger partial charge in [0, 0.05) is 13.6 Å². The second kappa shape index (κ2) is 7.05. The number of hydrogen-bond acceptors (Lipinski definition) is 3. The van der Waals surface area contributed by atoms with E-state index in [0.29, 0.717) is 19.4 Å². The van der Waals surface area contributed by atoms with Gasteiger partial charge >= 0.3 is 12.0 Å². The van der Waals surface area contributed by atoms with Gasteiger partial charge in [0.05, 0.1) is 6.10 Å². The molecule has 0 saturated carbocycles. The molecule has 0 bridgehead atoms. The van der Waals surface area contributed by atoms with Crippen molar-refractivity contribution in [3.05, 3.63) is 0 Å². The van der Waals surface area contributed by atoms with Gasteiger partial charge in [-0.3, -0.25) is 0 Å². The van der Waals surface area contributed by atoms with E-state index in [2.05, 4.69) is 5.32 Å². The molecule has 0 fully saturated rings. The van der Waals surface area contributed by atoms with Crippen LogP contribution >= 0.6 is 0 Å². The van der Waals surface area contributed by atoms with Gasteiger partial charge in [0.1, 0.15) is 6.04 Å². The number of amides is 2. The molecule has 3 N–H and O–H groups in total. The Labute approximate surface area is 95.2 Å². The van der Waals surface area contributed by atoms with Crippen molar-refractivity contribution < 1.29 is 19.8 Å². The van der Waals surface area contributed by atoms with E-state index < -0.39 is 24.1 Å². The molecule has 0 aromatic rings. The van der Waals surface area contributed by atoms with Gasteiger partial charge in [-0.25, -0.2) is 9.59 Å². The average molecular weight is 232 g/mol. The zero-order valence-electron chi connectivity index (χ0n) is 9.93. The van der Waals surface area contributed by atoms with Crippen molar-refractivity contribution in [2.24, 2.45) is 0 Å². The number of aliphatic carboxylic acids is 1. The molecule has 0 aromatic carbocycles. The summed E-state index contributed by atoms with van der Waals surface area (Å²) in [6.45, 7) is 3.71. The summed E-state index contributed by atoms with van der Waals surface area (Å²) in [5.74, 6) is -1.04. The number of aliphatic hydroxyl groups excluding tert-OH is 1. The van der Waals surface area contributed by atoms with Crippen molar-refractivity contribution in [2.75, 3.05) is 13.6 Å². The molecule has 0 radical (unpaired) electrons. The number of hydrogen-bond donors (Lipinski definition) is 3. The standard InChI is InChI=1S/C10H20N2O4/c1-4-8(9(14)15)11-10(16)12(3)6-5-7(2)13/h7-8,13H,4-6H2,1-3H3,(H,11,16)(H,14,15)/t7?,8-/m1/s1. The highest BCUT2D eigenvalue weighted by Crippen LogP contribution is 1.96. The van der Waals surface area contributed by atoms with Crippen LogP contribution in [0.2, 0.25) is 0 Å². The van der Waals surface area contributed by atoms with Crippen LogP contribution in [0.5, 0.6) is 0 Å². The van der Waals surface area contributed by atoms with Crippen LogP contribution in [0.1, 0.15) is 26.7 Å². The van der Waals surface area contributed by atoms with Gasteiger partial charge in [0.2, 0.25) is 0 Å². The Morgan fingerprint density at radius 1 is 1.44 bits per heavy atom. The minimum atomic E-state index is -1.04. The lowest BCUT2D eigenvalue weighted by atomic mass is 10.2. The van der Waals surface area contributed by atoms with Gasteiger partial charge in [-0.05, 0) is 19.8 Å². The number of carboxylic acids is 1. The maximum atomic E-state index is 11.5. The van der Waals surface area contributed by atoms with Crippen LogP contribution in [0.25, 0.3) is 0 Å². The van der Waals surface area contributed by atoms with E-state index in [4.69, 9.17) is 10.2 Å². The molecule has 6 nitrogen and oxygen atoms in total. The SMILES string of the molecule is CC[C@@H](NC(=O)N(C)CCC(C)O)C(=O)O. The van der Waals surface area contributed by atoms with Crippen molar-refractivity contribution in [3.8, 4) is 0 Å². The highest BCUT2D eigenvalue weighted by atomic mass is 16.4. The van der Waals surface area contributed by atoms with Gasteiger partial charge in [0.25, 0.3) is 0 Å². The van der Waals surface area contributed by atoms with Crippen molar-refractivity contribution in [3.63, 3.8) is 0 Å². The molecule has 0 aliphatic rings. The smallest absolute Gasteiger partial charge is 0.326 e. The lowest BCUT2D eigenvalue weighted by Gasteiger charge is -2.21. The molecular weight excluding hydrogens is 212 g/mol. The van der Waals surface area contributed by atoms with Crippen molar-refractivity contribution >= 4 is 12.0 Å². The van der Waals surface area contributed by atoms with E-state index in [-0.39, 0.29) is 0 Å². The van der Waals surface area contributed by atoms with Gasteiger partial charge in [0.15, 0.2) is 0 Å². The third-order valence-electron chi connectivity index (χ3n) is 2.23. The van der Waals surface area contributed by atoms with Gasteiger partial charge in [-0.15, -0.1) is 0 Å². The van der Waals surface area contributed by atoms with E-state index in [1.54, 1.807) is 20.9 Å². The number of aliphatic hydroxyl groups is 1. The predicted octanol–water partition coefficient (Wildman–Crippen LogP) is 0.262. The van der Waals surface area contributed by atoms with Crippen LogP contribution < -0.4 is 5.32 Å². The minimum Gasteiger partial charge on any atom is -0.480 e. The first-order valence-corrected chi connectivity index (χ1v) is 5.31. The monoisotopic (exact) mass is 232 g/mol. The molecular formula is C10H20N2O4. The molecule has 0 aliphatic heterocycles. The van der Waals surface area contributed by atoms with Gasteiger partial charge in [-0.1, -0.05) is 6.92 Å². The van der Waals surface area contributed by atoms with Crippen LogP contribution in [0.4, 0.5) is 4.79 Å². The number of nitrogens with zero attached hydrogens (tertiary/aromatic N) is 1. The van der Waals surface area contributed by atoms with Gasteiger partial charge in [-0.2, -0.15) is 0 Å². The molecule has 1 unspecified atom stereocenters. The first-order valence-electron chi connectivity index (χ1n) is 5.31. The summed E-state index contributed by atoms with van der Waals surface area (Å²) >= 11 is 0. The maximum Gasteiger partial charge on any atom is 0.326 e. The van der Waals surface area contributed by atoms with E-state index in [9.17, 15) is 9.59 Å². The number of nitrogens with one attached hydrogen (secondary N) is 1. The van der Waals surface area contributed by atoms with Crippen molar-refractivity contribution in [1.29, 1.82) is 0 Å². The highest BCUT2D eigenvalue weighted by Gasteiger charge is 2.19. The fourth-order valence-electron chi connectivity index (χ4n) is 1.08. The lowest BCUT2D eigenvalue weighted by molar-refractivity contribution is -0.139. The predicted molar refractivity (Wildman–Crippen MR) is 59.2 cm³/mol. The normalized spacial score (nSPS) is 14.0. The average Bonchev–Trinajstić information content (AvgIpc) is 2.21. The van der Waals surface area contributed by atoms with Crippen LogP contribution in [0.15, 0.2) is 0 Å². The topological polar surface area (TPSA) is 89.9 Å². The molecule has 2 amide bonds. The molecule has 0 saturated heterocycles. The number of carbonyl (C=O) groups is 2. The van der Waals surface area contributed by atoms with Crippen LogP contribution in [0, 0.1) is 0 Å². The number of rotatable bonds is 6. The van der Waals surface area contributed by atoms with E-state index in [1.165, 1.54) is 4.90 Å². The van der Waals surface area contributed by atoms with E-state index in [1.807, 2.05) is 0 Å². The Balaban J connectivity index is 4.08. The van der Waals surface area contributed by atoms with Crippen molar-refractivity contribution in [2.45, 2.75) is 38.8 Å². The summed E-state index contributed by atoms with van der Waals surface area (Å²) in [5.41, 5.74) is 0. The maximum absolute atomic E-state index is 11.5. The molecule has 0 aliphatic carbocycles. The molecule has 0 heterocycles. The second-order valence-electron chi connectivity index (χ2n) is 3.81. The fraction of sp³-hybridized carbons (Fsp3) is 0.800. The number of carboxylic acid groups (broad SMARTS) is 1. The molecule has 94 valence electrons. The molecule has 6 heteroatoms. The zero-order chi connectivity index (χ0) is 12.7. The summed E-state index contributed by atoms with van der Waals surface area (Å²) in [6.07, 6.45) is 0.329. The first kappa shape index (κ1) is 14.7. The highest BCUT2D eigenvalue weighted by molar-refractivity contribution is 5.82. The van der Waals surface area contributed by atoms with E-state index >= 15 is 0 Å². The quantitative estimate of drug-likeness (QED) is 0.613. The van der Waals surface area contributed by atoms with E-state index in [0.717, 1.165) is 0 Å². The molecule has 2 atom stereocenters. The third kappa shape index (κ3) is 5.55. The largest absolute Gasteiger partial charge is 0.480 e. The Bertz CT molecular complexity index is 243. The Hall–Kier alpha value is -1.30. The summed E-state index contributed by atoms with van der Waals surface area (Å²) in [6, 6.07) is -1.29. The minimum absolute atomic E-state index is 0.339. The summed E-state index contributed by atoms with van der Waals surface area (Å²) in [5, 5.41) is 20.2.